The van der Waals surface area contributed by atoms with Gasteiger partial charge in [-0.3, -0.25) is 9.79 Å². The molecule has 35 heavy (non-hydrogen) atoms. The molecular weight excluding hydrogens is 455 g/mol. The number of benzene rings is 3. The molecule has 0 unspecified atom stereocenters. The van der Waals surface area contributed by atoms with Gasteiger partial charge in [0.25, 0.3) is 5.91 Å². The molecule has 3 N–H and O–H groups in total. The monoisotopic (exact) mass is 475 g/mol. The van der Waals surface area contributed by atoms with E-state index in [1.165, 1.54) is 19.3 Å². The number of alkyl halides is 3. The number of nitrogens with zero attached hydrogens (tertiary/aromatic N) is 3. The molecule has 3 aromatic carbocycles. The summed E-state index contributed by atoms with van der Waals surface area (Å²) in [6, 6.07) is 19.4. The van der Waals surface area contributed by atoms with Gasteiger partial charge in [0.05, 0.1) is 16.6 Å². The SMILES string of the molecule is CN=CC=C(N)c1cc(C(=O)Nc2nc3ccccc3nc2-c2ccccc2)ccc1C(F)(F)F. The molecule has 4 rings (SSSR count). The fourth-order valence-electron chi connectivity index (χ4n) is 3.48. The molecule has 1 aromatic heterocycles. The Balaban J connectivity index is 1.78. The van der Waals surface area contributed by atoms with Gasteiger partial charge in [0.1, 0.15) is 5.69 Å². The van der Waals surface area contributed by atoms with E-state index < -0.39 is 17.6 Å². The van der Waals surface area contributed by atoms with Crippen molar-refractivity contribution in [2.45, 2.75) is 6.18 Å². The average molecular weight is 475 g/mol. The molecule has 0 saturated heterocycles. The van der Waals surface area contributed by atoms with Gasteiger partial charge in [-0.1, -0.05) is 42.5 Å². The molecule has 0 bridgehead atoms. The first kappa shape index (κ1) is 23.6. The number of nitrogens with two attached hydrogens (primary N) is 1. The minimum atomic E-state index is -4.66. The molecule has 0 aliphatic heterocycles. The highest BCUT2D eigenvalue weighted by molar-refractivity contribution is 6.06. The standard InChI is InChI=1S/C26H20F3N5O/c1-31-14-13-20(30)18-15-17(11-12-19(18)26(27,28)29)25(35)34-24-23(16-7-3-2-4-8-16)32-21-9-5-6-10-22(21)33-24/h2-15H,30H2,1H3,(H,33,34,35). The number of para-hydroxylation sites is 2. The zero-order valence-corrected chi connectivity index (χ0v) is 18.5. The summed E-state index contributed by atoms with van der Waals surface area (Å²) in [6.07, 6.45) is -2.13. The lowest BCUT2D eigenvalue weighted by atomic mass is 10.00. The van der Waals surface area contributed by atoms with Crippen LogP contribution in [0.4, 0.5) is 19.0 Å². The highest BCUT2D eigenvalue weighted by Crippen LogP contribution is 2.35. The van der Waals surface area contributed by atoms with Crippen LogP contribution >= 0.6 is 0 Å². The Morgan fingerprint density at radius 3 is 2.29 bits per heavy atom. The van der Waals surface area contributed by atoms with Crippen LogP contribution in [0, 0.1) is 0 Å². The zero-order valence-electron chi connectivity index (χ0n) is 18.5. The summed E-state index contributed by atoms with van der Waals surface area (Å²) < 4.78 is 40.7. The molecule has 0 atom stereocenters. The normalized spacial score (nSPS) is 12.3. The first-order valence-electron chi connectivity index (χ1n) is 10.5. The van der Waals surface area contributed by atoms with Crippen LogP contribution in [0.1, 0.15) is 21.5 Å². The first-order chi connectivity index (χ1) is 16.8. The number of aliphatic imine (C=N–C) groups is 1. The minimum Gasteiger partial charge on any atom is -0.398 e. The van der Waals surface area contributed by atoms with Crippen molar-refractivity contribution in [2.75, 3.05) is 12.4 Å². The molecule has 0 saturated carbocycles. The number of carbonyl (C=O) groups excluding carboxylic acids is 1. The molecule has 0 radical (unpaired) electrons. The van der Waals surface area contributed by atoms with Crippen LogP contribution < -0.4 is 11.1 Å². The lowest BCUT2D eigenvalue weighted by molar-refractivity contribution is -0.137. The van der Waals surface area contributed by atoms with Crippen molar-refractivity contribution >= 4 is 34.7 Å². The highest BCUT2D eigenvalue weighted by atomic mass is 19.4. The number of amides is 1. The highest BCUT2D eigenvalue weighted by Gasteiger charge is 2.34. The van der Waals surface area contributed by atoms with Crippen molar-refractivity contribution in [2.24, 2.45) is 10.7 Å². The molecule has 6 nitrogen and oxygen atoms in total. The number of fused-ring (bicyclic) bond motifs is 1. The number of carbonyl (C=O) groups is 1. The van der Waals surface area contributed by atoms with E-state index in [-0.39, 0.29) is 22.6 Å². The van der Waals surface area contributed by atoms with Gasteiger partial charge in [0.2, 0.25) is 0 Å². The third-order valence-corrected chi connectivity index (χ3v) is 5.15. The lowest BCUT2D eigenvalue weighted by Crippen LogP contribution is -2.17. The topological polar surface area (TPSA) is 93.3 Å². The van der Waals surface area contributed by atoms with Crippen LogP contribution in [0.25, 0.3) is 28.0 Å². The van der Waals surface area contributed by atoms with E-state index in [4.69, 9.17) is 5.73 Å². The number of anilines is 1. The maximum atomic E-state index is 13.6. The van der Waals surface area contributed by atoms with E-state index in [1.807, 2.05) is 36.4 Å². The van der Waals surface area contributed by atoms with Crippen molar-refractivity contribution < 1.29 is 18.0 Å². The number of allylic oxidation sites excluding steroid dienone is 1. The summed E-state index contributed by atoms with van der Waals surface area (Å²) in [6.45, 7) is 0. The Hall–Kier alpha value is -4.53. The maximum absolute atomic E-state index is 13.6. The average Bonchev–Trinajstić information content (AvgIpc) is 2.86. The van der Waals surface area contributed by atoms with E-state index in [2.05, 4.69) is 20.3 Å². The summed E-state index contributed by atoms with van der Waals surface area (Å²) in [4.78, 5) is 26.0. The van der Waals surface area contributed by atoms with Gasteiger partial charge >= 0.3 is 6.18 Å². The Morgan fingerprint density at radius 1 is 0.971 bits per heavy atom. The van der Waals surface area contributed by atoms with Gasteiger partial charge < -0.3 is 11.1 Å². The van der Waals surface area contributed by atoms with E-state index in [0.717, 1.165) is 23.8 Å². The van der Waals surface area contributed by atoms with Gasteiger partial charge in [-0.05, 0) is 36.4 Å². The number of rotatable bonds is 5. The quantitative estimate of drug-likeness (QED) is 0.369. The molecule has 1 heterocycles. The Bertz CT molecular complexity index is 1450. The third-order valence-electron chi connectivity index (χ3n) is 5.15. The summed E-state index contributed by atoms with van der Waals surface area (Å²) in [5, 5.41) is 2.70. The zero-order chi connectivity index (χ0) is 25.0. The van der Waals surface area contributed by atoms with E-state index in [1.54, 1.807) is 18.2 Å². The van der Waals surface area contributed by atoms with E-state index >= 15 is 0 Å². The van der Waals surface area contributed by atoms with Crippen molar-refractivity contribution in [3.8, 4) is 11.3 Å². The fraction of sp³-hybridized carbons (Fsp3) is 0.0769. The fourth-order valence-corrected chi connectivity index (χ4v) is 3.48. The minimum absolute atomic E-state index is 0.0215. The van der Waals surface area contributed by atoms with Crippen LogP contribution in [0.5, 0.6) is 0 Å². The van der Waals surface area contributed by atoms with Gasteiger partial charge in [0.15, 0.2) is 5.82 Å². The second-order valence-electron chi connectivity index (χ2n) is 7.52. The van der Waals surface area contributed by atoms with Gasteiger partial charge in [0, 0.05) is 35.6 Å². The first-order valence-corrected chi connectivity index (χ1v) is 10.5. The smallest absolute Gasteiger partial charge is 0.398 e. The summed E-state index contributed by atoms with van der Waals surface area (Å²) >= 11 is 0. The maximum Gasteiger partial charge on any atom is 0.417 e. The largest absolute Gasteiger partial charge is 0.417 e. The Morgan fingerprint density at radius 2 is 1.63 bits per heavy atom. The van der Waals surface area contributed by atoms with Crippen LogP contribution in [0.3, 0.4) is 0 Å². The molecule has 0 aliphatic rings. The van der Waals surface area contributed by atoms with Gasteiger partial charge in [-0.2, -0.15) is 13.2 Å². The third kappa shape index (κ3) is 5.19. The molecule has 1 amide bonds. The number of nitrogens with one attached hydrogen (secondary N) is 1. The lowest BCUT2D eigenvalue weighted by Gasteiger charge is -2.15. The van der Waals surface area contributed by atoms with Crippen LogP contribution in [0.2, 0.25) is 0 Å². The molecule has 9 heteroatoms. The Kier molecular flexibility index (Phi) is 6.59. The predicted molar refractivity (Wildman–Crippen MR) is 131 cm³/mol. The predicted octanol–water partition coefficient (Wildman–Crippen LogP) is 5.57. The van der Waals surface area contributed by atoms with Crippen LogP contribution in [-0.4, -0.2) is 29.1 Å². The Labute approximate surface area is 199 Å². The molecular formula is C26H20F3N5O. The molecule has 176 valence electrons. The summed E-state index contributed by atoms with van der Waals surface area (Å²) in [7, 11) is 1.47. The number of hydrogen-bond donors (Lipinski definition) is 2. The van der Waals surface area contributed by atoms with Gasteiger partial charge in [-0.15, -0.1) is 0 Å². The summed E-state index contributed by atoms with van der Waals surface area (Å²) in [5.41, 5.74) is 6.76. The van der Waals surface area contributed by atoms with Crippen molar-refractivity contribution in [1.29, 1.82) is 0 Å². The molecule has 0 aliphatic carbocycles. The molecule has 4 aromatic rings. The second kappa shape index (κ2) is 9.76. The van der Waals surface area contributed by atoms with E-state index in [0.29, 0.717) is 16.7 Å². The summed E-state index contributed by atoms with van der Waals surface area (Å²) in [5.74, 6) is -0.471. The van der Waals surface area contributed by atoms with Gasteiger partial charge in [-0.25, -0.2) is 9.97 Å². The van der Waals surface area contributed by atoms with E-state index in [9.17, 15) is 18.0 Å². The second-order valence-corrected chi connectivity index (χ2v) is 7.52. The van der Waals surface area contributed by atoms with Crippen molar-refractivity contribution in [3.05, 3.63) is 95.6 Å². The number of halogens is 3. The number of aromatic nitrogens is 2. The number of hydrogen-bond acceptors (Lipinski definition) is 5. The molecule has 0 fully saturated rings. The van der Waals surface area contributed by atoms with Crippen LogP contribution in [-0.2, 0) is 6.18 Å². The molecule has 0 spiro atoms. The van der Waals surface area contributed by atoms with Crippen molar-refractivity contribution in [1.82, 2.24) is 9.97 Å². The van der Waals surface area contributed by atoms with Crippen molar-refractivity contribution in [3.63, 3.8) is 0 Å². The van der Waals surface area contributed by atoms with Crippen LogP contribution in [0.15, 0.2) is 83.9 Å².